The Kier molecular flexibility index (Phi) is 4.60. The molecule has 1 aliphatic rings. The molecular formula is C23H29NO2. The number of hydrogen-bond acceptors (Lipinski definition) is 2. The fourth-order valence-corrected chi connectivity index (χ4v) is 3.89. The fourth-order valence-electron chi connectivity index (χ4n) is 3.89. The molecule has 0 saturated heterocycles. The van der Waals surface area contributed by atoms with Crippen LogP contribution < -0.4 is 5.32 Å². The summed E-state index contributed by atoms with van der Waals surface area (Å²) in [6, 6.07) is 11.7. The Morgan fingerprint density at radius 1 is 1.00 bits per heavy atom. The first kappa shape index (κ1) is 18.5. The van der Waals surface area contributed by atoms with Gasteiger partial charge < -0.3 is 10.4 Å². The zero-order chi connectivity index (χ0) is 19.1. The standard InChI is InChI=1S/C23H29NO2/c1-15-12-19-20(23(4,5)11-10-22(19,2)3)13-17(15)14-24-18-8-6-16(7-9-18)21(25)26/h6-9,12-13,24H,10-11,14H2,1-5H3,(H,25,26). The average Bonchev–Trinajstić information content (AvgIpc) is 2.58. The number of rotatable bonds is 4. The van der Waals surface area contributed by atoms with E-state index in [1.807, 2.05) is 12.1 Å². The minimum atomic E-state index is -0.896. The van der Waals surface area contributed by atoms with Crippen molar-refractivity contribution in [3.63, 3.8) is 0 Å². The van der Waals surface area contributed by atoms with Crippen LogP contribution in [-0.4, -0.2) is 11.1 Å². The van der Waals surface area contributed by atoms with Crippen LogP contribution in [0.3, 0.4) is 0 Å². The van der Waals surface area contributed by atoms with Crippen LogP contribution in [0, 0.1) is 6.92 Å². The van der Waals surface area contributed by atoms with E-state index in [2.05, 4.69) is 52.1 Å². The zero-order valence-corrected chi connectivity index (χ0v) is 16.4. The first-order chi connectivity index (χ1) is 12.1. The Hall–Kier alpha value is -2.29. The van der Waals surface area contributed by atoms with Gasteiger partial charge in [0.05, 0.1) is 5.56 Å². The Balaban J connectivity index is 1.86. The van der Waals surface area contributed by atoms with Crippen LogP contribution in [0.4, 0.5) is 5.69 Å². The van der Waals surface area contributed by atoms with Crippen LogP contribution in [0.15, 0.2) is 36.4 Å². The second kappa shape index (κ2) is 6.46. The molecule has 0 fully saturated rings. The summed E-state index contributed by atoms with van der Waals surface area (Å²) in [5.74, 6) is -0.896. The number of fused-ring (bicyclic) bond motifs is 1. The molecule has 1 aliphatic carbocycles. The molecule has 0 spiro atoms. The molecule has 26 heavy (non-hydrogen) atoms. The molecule has 0 atom stereocenters. The van der Waals surface area contributed by atoms with Crippen molar-refractivity contribution in [2.45, 2.75) is 64.8 Å². The van der Waals surface area contributed by atoms with Crippen molar-refractivity contribution in [1.82, 2.24) is 0 Å². The van der Waals surface area contributed by atoms with Gasteiger partial charge in [0.1, 0.15) is 0 Å². The van der Waals surface area contributed by atoms with Gasteiger partial charge in [0.25, 0.3) is 0 Å². The maximum absolute atomic E-state index is 11.0. The first-order valence-electron chi connectivity index (χ1n) is 9.32. The van der Waals surface area contributed by atoms with Crippen LogP contribution in [0.2, 0.25) is 0 Å². The normalized spacial score (nSPS) is 17.4. The van der Waals surface area contributed by atoms with Crippen LogP contribution in [0.1, 0.15) is 73.1 Å². The summed E-state index contributed by atoms with van der Waals surface area (Å²) in [5.41, 5.74) is 7.25. The van der Waals surface area contributed by atoms with Crippen LogP contribution >= 0.6 is 0 Å². The molecule has 0 amide bonds. The Bertz CT molecular complexity index is 832. The molecule has 0 heterocycles. The highest BCUT2D eigenvalue weighted by Crippen LogP contribution is 2.46. The zero-order valence-electron chi connectivity index (χ0n) is 16.4. The van der Waals surface area contributed by atoms with E-state index in [4.69, 9.17) is 5.11 Å². The third kappa shape index (κ3) is 3.48. The first-order valence-corrected chi connectivity index (χ1v) is 9.32. The van der Waals surface area contributed by atoms with E-state index in [-0.39, 0.29) is 10.8 Å². The van der Waals surface area contributed by atoms with Crippen molar-refractivity contribution in [2.75, 3.05) is 5.32 Å². The van der Waals surface area contributed by atoms with Gasteiger partial charge in [0.2, 0.25) is 0 Å². The molecule has 0 saturated carbocycles. The molecule has 0 unspecified atom stereocenters. The highest BCUT2D eigenvalue weighted by Gasteiger charge is 2.37. The summed E-state index contributed by atoms with van der Waals surface area (Å²) in [4.78, 5) is 11.0. The van der Waals surface area contributed by atoms with E-state index in [0.29, 0.717) is 5.56 Å². The molecule has 2 aromatic carbocycles. The molecule has 3 rings (SSSR count). The minimum Gasteiger partial charge on any atom is -0.478 e. The molecule has 0 radical (unpaired) electrons. The summed E-state index contributed by atoms with van der Waals surface area (Å²) in [7, 11) is 0. The van der Waals surface area contributed by atoms with E-state index < -0.39 is 5.97 Å². The second-order valence-electron chi connectivity index (χ2n) is 8.83. The lowest BCUT2D eigenvalue weighted by atomic mass is 9.62. The number of carboxylic acid groups (broad SMARTS) is 1. The van der Waals surface area contributed by atoms with Crippen LogP contribution in [0.25, 0.3) is 0 Å². The minimum absolute atomic E-state index is 0.205. The van der Waals surface area contributed by atoms with Gasteiger partial charge in [-0.1, -0.05) is 39.8 Å². The van der Waals surface area contributed by atoms with E-state index in [1.165, 1.54) is 35.1 Å². The number of aromatic carboxylic acids is 1. The predicted octanol–water partition coefficient (Wildman–Crippen LogP) is 5.65. The molecular weight excluding hydrogens is 322 g/mol. The predicted molar refractivity (Wildman–Crippen MR) is 107 cm³/mol. The number of aryl methyl sites for hydroxylation is 1. The summed E-state index contributed by atoms with van der Waals surface area (Å²) in [5, 5.41) is 12.4. The van der Waals surface area contributed by atoms with E-state index >= 15 is 0 Å². The van der Waals surface area contributed by atoms with E-state index in [0.717, 1.165) is 12.2 Å². The number of hydrogen-bond donors (Lipinski definition) is 2. The SMILES string of the molecule is Cc1cc2c(cc1CNc1ccc(C(=O)O)cc1)C(C)(C)CCC2(C)C. The maximum atomic E-state index is 11.0. The number of anilines is 1. The summed E-state index contributed by atoms with van der Waals surface area (Å²) >= 11 is 0. The van der Waals surface area contributed by atoms with E-state index in [1.54, 1.807) is 12.1 Å². The lowest BCUT2D eigenvalue weighted by Crippen LogP contribution is -2.34. The van der Waals surface area contributed by atoms with Gasteiger partial charge in [-0.3, -0.25) is 0 Å². The molecule has 0 bridgehead atoms. The molecule has 138 valence electrons. The largest absolute Gasteiger partial charge is 0.478 e. The average molecular weight is 351 g/mol. The topological polar surface area (TPSA) is 49.3 Å². The van der Waals surface area contributed by atoms with Crippen molar-refractivity contribution < 1.29 is 9.90 Å². The molecule has 3 heteroatoms. The number of benzene rings is 2. The number of nitrogens with one attached hydrogen (secondary N) is 1. The van der Waals surface area contributed by atoms with Gasteiger partial charge in [0.15, 0.2) is 0 Å². The number of carbonyl (C=O) groups is 1. The molecule has 0 aromatic heterocycles. The quantitative estimate of drug-likeness (QED) is 0.748. The van der Waals surface area contributed by atoms with Gasteiger partial charge in [0, 0.05) is 12.2 Å². The van der Waals surface area contributed by atoms with Gasteiger partial charge in [-0.05, 0) is 77.1 Å². The molecule has 2 N–H and O–H groups in total. The Labute approximate surface area is 156 Å². The van der Waals surface area contributed by atoms with Gasteiger partial charge in [-0.2, -0.15) is 0 Å². The molecule has 0 aliphatic heterocycles. The van der Waals surface area contributed by atoms with Gasteiger partial charge in [-0.25, -0.2) is 4.79 Å². The van der Waals surface area contributed by atoms with Gasteiger partial charge in [-0.15, -0.1) is 0 Å². The van der Waals surface area contributed by atoms with Crippen molar-refractivity contribution in [1.29, 1.82) is 0 Å². The summed E-state index contributed by atoms with van der Waals surface area (Å²) < 4.78 is 0. The fraction of sp³-hybridized carbons (Fsp3) is 0.435. The second-order valence-corrected chi connectivity index (χ2v) is 8.83. The smallest absolute Gasteiger partial charge is 0.335 e. The highest BCUT2D eigenvalue weighted by atomic mass is 16.4. The maximum Gasteiger partial charge on any atom is 0.335 e. The van der Waals surface area contributed by atoms with Crippen molar-refractivity contribution in [3.05, 3.63) is 64.2 Å². The van der Waals surface area contributed by atoms with Crippen molar-refractivity contribution in [3.8, 4) is 0 Å². The van der Waals surface area contributed by atoms with Crippen LogP contribution in [-0.2, 0) is 17.4 Å². The lowest BCUT2D eigenvalue weighted by molar-refractivity contribution is 0.0697. The number of carboxylic acids is 1. The summed E-state index contributed by atoms with van der Waals surface area (Å²) in [6.07, 6.45) is 2.43. The third-order valence-electron chi connectivity index (χ3n) is 5.92. The van der Waals surface area contributed by atoms with Crippen molar-refractivity contribution >= 4 is 11.7 Å². The Morgan fingerprint density at radius 3 is 2.08 bits per heavy atom. The monoisotopic (exact) mass is 351 g/mol. The van der Waals surface area contributed by atoms with E-state index in [9.17, 15) is 4.79 Å². The van der Waals surface area contributed by atoms with Crippen LogP contribution in [0.5, 0.6) is 0 Å². The van der Waals surface area contributed by atoms with Crippen molar-refractivity contribution in [2.24, 2.45) is 0 Å². The molecule has 2 aromatic rings. The lowest BCUT2D eigenvalue weighted by Gasteiger charge is -2.42. The Morgan fingerprint density at radius 2 is 1.54 bits per heavy atom. The summed E-state index contributed by atoms with van der Waals surface area (Å²) in [6.45, 7) is 12.3. The molecule has 3 nitrogen and oxygen atoms in total. The van der Waals surface area contributed by atoms with Gasteiger partial charge >= 0.3 is 5.97 Å². The third-order valence-corrected chi connectivity index (χ3v) is 5.92. The highest BCUT2D eigenvalue weighted by molar-refractivity contribution is 5.88.